The van der Waals surface area contributed by atoms with Crippen molar-refractivity contribution in [2.75, 3.05) is 5.73 Å². The van der Waals surface area contributed by atoms with E-state index in [1.165, 1.54) is 10.7 Å². The van der Waals surface area contributed by atoms with Crippen molar-refractivity contribution in [3.63, 3.8) is 0 Å². The summed E-state index contributed by atoms with van der Waals surface area (Å²) in [5.74, 6) is 0.257. The van der Waals surface area contributed by atoms with E-state index in [2.05, 4.69) is 21.0 Å². The number of ether oxygens (including phenoxy) is 1. The van der Waals surface area contributed by atoms with Crippen LogP contribution in [0.2, 0.25) is 0 Å². The smallest absolute Gasteiger partial charge is 0.362 e. The number of aromatic nitrogens is 2. The van der Waals surface area contributed by atoms with E-state index >= 15 is 0 Å². The molecule has 1 aromatic heterocycles. The molecule has 5 nitrogen and oxygen atoms in total. The largest absolute Gasteiger partial charge is 0.422 e. The Hall–Kier alpha value is -1.82. The number of carbonyl (C=O) groups is 1. The lowest BCUT2D eigenvalue weighted by atomic mass is 10.3. The number of esters is 1. The van der Waals surface area contributed by atoms with Crippen LogP contribution < -0.4 is 10.5 Å². The molecule has 0 saturated heterocycles. The Morgan fingerprint density at radius 2 is 2.24 bits per heavy atom. The second-order valence-electron chi connectivity index (χ2n) is 3.42. The summed E-state index contributed by atoms with van der Waals surface area (Å²) >= 11 is 3.30. The summed E-state index contributed by atoms with van der Waals surface area (Å²) < 4.78 is 7.41. The van der Waals surface area contributed by atoms with E-state index in [1.807, 2.05) is 6.07 Å². The molecule has 6 heteroatoms. The van der Waals surface area contributed by atoms with Crippen LogP contribution in [0, 0.1) is 0 Å². The van der Waals surface area contributed by atoms with Gasteiger partial charge in [0.1, 0.15) is 17.3 Å². The topological polar surface area (TPSA) is 70.1 Å². The molecule has 0 aliphatic rings. The van der Waals surface area contributed by atoms with Crippen LogP contribution in [-0.4, -0.2) is 15.7 Å². The molecule has 2 aromatic rings. The zero-order chi connectivity index (χ0) is 12.4. The van der Waals surface area contributed by atoms with Crippen molar-refractivity contribution in [2.24, 2.45) is 7.05 Å². The maximum atomic E-state index is 11.8. The average Bonchev–Trinajstić information content (AvgIpc) is 2.58. The first-order valence-electron chi connectivity index (χ1n) is 4.83. The monoisotopic (exact) mass is 295 g/mol. The lowest BCUT2D eigenvalue weighted by molar-refractivity contribution is 0.0723. The summed E-state index contributed by atoms with van der Waals surface area (Å²) in [5.41, 5.74) is 5.80. The summed E-state index contributed by atoms with van der Waals surface area (Å²) in [4.78, 5) is 11.8. The van der Waals surface area contributed by atoms with Crippen molar-refractivity contribution < 1.29 is 9.53 Å². The van der Waals surface area contributed by atoms with Crippen molar-refractivity contribution in [2.45, 2.75) is 0 Å². The molecule has 0 aliphatic carbocycles. The predicted octanol–water partition coefficient (Wildman–Crippen LogP) is 1.98. The van der Waals surface area contributed by atoms with Gasteiger partial charge >= 0.3 is 5.97 Å². The first kappa shape index (κ1) is 11.7. The van der Waals surface area contributed by atoms with Gasteiger partial charge in [-0.25, -0.2) is 4.79 Å². The normalized spacial score (nSPS) is 10.2. The van der Waals surface area contributed by atoms with Gasteiger partial charge in [-0.2, -0.15) is 5.10 Å². The van der Waals surface area contributed by atoms with Gasteiger partial charge < -0.3 is 10.5 Å². The van der Waals surface area contributed by atoms with Crippen LogP contribution in [0.15, 0.2) is 34.8 Å². The minimum atomic E-state index is -0.491. The maximum absolute atomic E-state index is 11.8. The van der Waals surface area contributed by atoms with Gasteiger partial charge in [0.2, 0.25) is 0 Å². The third-order valence-electron chi connectivity index (χ3n) is 2.11. The fraction of sp³-hybridized carbons (Fsp3) is 0.0909. The van der Waals surface area contributed by atoms with E-state index in [0.29, 0.717) is 11.4 Å². The number of nitrogen functional groups attached to an aromatic ring is 1. The van der Waals surface area contributed by atoms with Crippen molar-refractivity contribution in [1.82, 2.24) is 9.78 Å². The van der Waals surface area contributed by atoms with Crippen molar-refractivity contribution in [1.29, 1.82) is 0 Å². The molecule has 0 fully saturated rings. The Bertz CT molecular complexity index is 566. The van der Waals surface area contributed by atoms with Gasteiger partial charge in [-0.05, 0) is 18.2 Å². The number of nitrogens with zero attached hydrogens (tertiary/aromatic N) is 2. The van der Waals surface area contributed by atoms with E-state index in [1.54, 1.807) is 25.2 Å². The predicted molar refractivity (Wildman–Crippen MR) is 66.7 cm³/mol. The molecular formula is C11H10BrN3O2. The molecule has 0 radical (unpaired) electrons. The van der Waals surface area contributed by atoms with Gasteiger partial charge in [0.25, 0.3) is 0 Å². The molecule has 2 N–H and O–H groups in total. The van der Waals surface area contributed by atoms with Crippen LogP contribution in [0.4, 0.5) is 5.82 Å². The maximum Gasteiger partial charge on any atom is 0.362 e. The Kier molecular flexibility index (Phi) is 3.14. The highest BCUT2D eigenvalue weighted by atomic mass is 79.9. The number of nitrogens with two attached hydrogens (primary N) is 1. The number of hydrogen-bond acceptors (Lipinski definition) is 4. The van der Waals surface area contributed by atoms with Crippen molar-refractivity contribution in [3.8, 4) is 5.75 Å². The Morgan fingerprint density at radius 3 is 2.82 bits per heavy atom. The van der Waals surface area contributed by atoms with E-state index < -0.39 is 5.97 Å². The molecule has 17 heavy (non-hydrogen) atoms. The Labute approximate surface area is 106 Å². The molecule has 0 unspecified atom stereocenters. The molecule has 0 aliphatic heterocycles. The molecule has 0 bridgehead atoms. The number of rotatable bonds is 2. The van der Waals surface area contributed by atoms with Crippen LogP contribution in [0.5, 0.6) is 5.75 Å². The van der Waals surface area contributed by atoms with Crippen LogP contribution in [0.3, 0.4) is 0 Å². The molecule has 0 spiro atoms. The highest BCUT2D eigenvalue weighted by molar-refractivity contribution is 9.10. The molecule has 0 atom stereocenters. The minimum absolute atomic E-state index is 0.286. The number of carbonyl (C=O) groups excluding carboxylic acids is 1. The number of halogens is 1. The Morgan fingerprint density at radius 1 is 1.47 bits per heavy atom. The van der Waals surface area contributed by atoms with E-state index in [-0.39, 0.29) is 5.82 Å². The molecule has 2 rings (SSSR count). The third-order valence-corrected chi connectivity index (χ3v) is 2.61. The van der Waals surface area contributed by atoms with Gasteiger partial charge in [0.15, 0.2) is 0 Å². The molecule has 88 valence electrons. The molecule has 1 heterocycles. The second kappa shape index (κ2) is 4.58. The number of anilines is 1. The lowest BCUT2D eigenvalue weighted by Crippen LogP contribution is -2.13. The first-order valence-corrected chi connectivity index (χ1v) is 5.63. The van der Waals surface area contributed by atoms with Crippen molar-refractivity contribution >= 4 is 27.7 Å². The van der Waals surface area contributed by atoms with Crippen LogP contribution >= 0.6 is 15.9 Å². The number of hydrogen-bond donors (Lipinski definition) is 1. The second-order valence-corrected chi connectivity index (χ2v) is 4.34. The fourth-order valence-corrected chi connectivity index (χ4v) is 1.75. The summed E-state index contributed by atoms with van der Waals surface area (Å²) in [6.45, 7) is 0. The average molecular weight is 296 g/mol. The molecule has 0 amide bonds. The van der Waals surface area contributed by atoms with Gasteiger partial charge in [-0.3, -0.25) is 4.68 Å². The lowest BCUT2D eigenvalue weighted by Gasteiger charge is -2.04. The highest BCUT2D eigenvalue weighted by Crippen LogP contribution is 2.19. The molecule has 0 saturated carbocycles. The summed E-state index contributed by atoms with van der Waals surface area (Å²) in [7, 11) is 1.63. The van der Waals surface area contributed by atoms with E-state index in [9.17, 15) is 4.79 Å². The quantitative estimate of drug-likeness (QED) is 0.679. The standard InChI is InChI=1S/C11H10BrN3O2/c1-15-9(6-10(13)14-15)11(16)17-8-4-2-3-7(12)5-8/h2-6H,1H3,(H2,13,14). The van der Waals surface area contributed by atoms with Crippen LogP contribution in [0.25, 0.3) is 0 Å². The zero-order valence-electron chi connectivity index (χ0n) is 9.05. The van der Waals surface area contributed by atoms with E-state index in [4.69, 9.17) is 10.5 Å². The Balaban J connectivity index is 2.20. The highest BCUT2D eigenvalue weighted by Gasteiger charge is 2.14. The van der Waals surface area contributed by atoms with Gasteiger partial charge in [0.05, 0.1) is 0 Å². The first-order chi connectivity index (χ1) is 8.06. The summed E-state index contributed by atoms with van der Waals surface area (Å²) in [6, 6.07) is 8.50. The van der Waals surface area contributed by atoms with Crippen LogP contribution in [-0.2, 0) is 7.05 Å². The van der Waals surface area contributed by atoms with E-state index in [0.717, 1.165) is 4.47 Å². The van der Waals surface area contributed by atoms with Crippen LogP contribution in [0.1, 0.15) is 10.5 Å². The van der Waals surface area contributed by atoms with Crippen molar-refractivity contribution in [3.05, 3.63) is 40.5 Å². The third kappa shape index (κ3) is 2.65. The summed E-state index contributed by atoms with van der Waals surface area (Å²) in [5, 5.41) is 3.88. The molecule has 1 aromatic carbocycles. The number of benzene rings is 1. The van der Waals surface area contributed by atoms with Gasteiger partial charge in [0, 0.05) is 17.6 Å². The fourth-order valence-electron chi connectivity index (χ4n) is 1.37. The number of aryl methyl sites for hydroxylation is 1. The van der Waals surface area contributed by atoms with Gasteiger partial charge in [-0.15, -0.1) is 0 Å². The minimum Gasteiger partial charge on any atom is -0.422 e. The molecular weight excluding hydrogens is 286 g/mol. The van der Waals surface area contributed by atoms with Gasteiger partial charge in [-0.1, -0.05) is 22.0 Å². The zero-order valence-corrected chi connectivity index (χ0v) is 10.6. The summed E-state index contributed by atoms with van der Waals surface area (Å²) in [6.07, 6.45) is 0. The SMILES string of the molecule is Cn1nc(N)cc1C(=O)Oc1cccc(Br)c1.